The topological polar surface area (TPSA) is 60.4 Å². The Labute approximate surface area is 207 Å². The molecule has 35 heavy (non-hydrogen) atoms. The summed E-state index contributed by atoms with van der Waals surface area (Å²) < 4.78 is 23.2. The lowest BCUT2D eigenvalue weighted by Gasteiger charge is -2.35. The van der Waals surface area contributed by atoms with Crippen molar-refractivity contribution in [2.75, 3.05) is 47.1 Å². The second-order valence-corrected chi connectivity index (χ2v) is 9.20. The zero-order valence-corrected chi connectivity index (χ0v) is 20.4. The summed E-state index contributed by atoms with van der Waals surface area (Å²) in [5.74, 6) is 3.32. The van der Waals surface area contributed by atoms with Gasteiger partial charge in [0.1, 0.15) is 23.9 Å². The van der Waals surface area contributed by atoms with Gasteiger partial charge in [0.15, 0.2) is 11.5 Å². The van der Waals surface area contributed by atoms with Crippen LogP contribution in [-0.4, -0.2) is 57.1 Å². The predicted octanol–water partition coefficient (Wildman–Crippen LogP) is 5.19. The van der Waals surface area contributed by atoms with Crippen LogP contribution in [-0.2, 0) is 0 Å². The highest BCUT2D eigenvalue weighted by Gasteiger charge is 2.34. The third kappa shape index (κ3) is 5.03. The first-order valence-corrected chi connectivity index (χ1v) is 12.3. The molecule has 0 amide bonds. The van der Waals surface area contributed by atoms with Gasteiger partial charge >= 0.3 is 0 Å². The zero-order chi connectivity index (χ0) is 24.2. The summed E-state index contributed by atoms with van der Waals surface area (Å²) in [4.78, 5) is 2.45. The van der Waals surface area contributed by atoms with Gasteiger partial charge in [0, 0.05) is 30.0 Å². The van der Waals surface area contributed by atoms with Crippen molar-refractivity contribution in [3.05, 3.63) is 77.4 Å². The minimum Gasteiger partial charge on any atom is -0.508 e. The molecule has 0 unspecified atom stereocenters. The van der Waals surface area contributed by atoms with Crippen molar-refractivity contribution in [2.24, 2.45) is 0 Å². The van der Waals surface area contributed by atoms with Crippen LogP contribution in [0, 0.1) is 0 Å². The molecule has 3 aromatic carbocycles. The number of aromatic hydroxyl groups is 1. The van der Waals surface area contributed by atoms with E-state index < -0.39 is 0 Å². The molecule has 0 saturated carbocycles. The monoisotopic (exact) mass is 475 g/mol. The molecule has 2 atom stereocenters. The molecule has 6 nitrogen and oxygen atoms in total. The molecular formula is C29H33NO5. The fraction of sp³-hybridized carbons (Fsp3) is 0.379. The van der Waals surface area contributed by atoms with E-state index in [4.69, 9.17) is 18.9 Å². The molecule has 1 N–H and O–H groups in total. The molecule has 3 aromatic rings. The molecular weight excluding hydrogens is 442 g/mol. The van der Waals surface area contributed by atoms with E-state index in [1.54, 1.807) is 26.4 Å². The normalized spacial score (nSPS) is 19.6. The molecule has 1 saturated heterocycles. The van der Waals surface area contributed by atoms with Gasteiger partial charge in [-0.1, -0.05) is 24.3 Å². The minimum absolute atomic E-state index is 0.0519. The van der Waals surface area contributed by atoms with Crippen LogP contribution < -0.4 is 18.9 Å². The van der Waals surface area contributed by atoms with Gasteiger partial charge in [-0.15, -0.1) is 0 Å². The summed E-state index contributed by atoms with van der Waals surface area (Å²) in [6.07, 6.45) is 2.58. The standard InChI is InChI=1S/C29H33NO5/c1-32-26-12-7-21(17-28(26)33-2)25-19-35-27-18-22(31)8-11-24(27)29(25)20-5-9-23(10-6-20)34-16-15-30-13-3-4-14-30/h5-12,17-18,25,29,31H,3-4,13-16,19H2,1-2H3/t25-,29-/m0/s1. The third-order valence-electron chi connectivity index (χ3n) is 7.10. The number of benzene rings is 3. The van der Waals surface area contributed by atoms with Crippen molar-refractivity contribution in [2.45, 2.75) is 24.7 Å². The van der Waals surface area contributed by atoms with E-state index in [2.05, 4.69) is 35.2 Å². The van der Waals surface area contributed by atoms with Crippen molar-refractivity contribution in [1.29, 1.82) is 0 Å². The molecule has 6 heteroatoms. The summed E-state index contributed by atoms with van der Waals surface area (Å²) in [7, 11) is 3.29. The molecule has 184 valence electrons. The first-order chi connectivity index (χ1) is 17.2. The zero-order valence-electron chi connectivity index (χ0n) is 20.4. The average molecular weight is 476 g/mol. The molecule has 0 spiro atoms. The van der Waals surface area contributed by atoms with Gasteiger partial charge in [-0.3, -0.25) is 4.90 Å². The van der Waals surface area contributed by atoms with E-state index in [1.165, 1.54) is 31.5 Å². The molecule has 1 fully saturated rings. The lowest BCUT2D eigenvalue weighted by atomic mass is 9.76. The van der Waals surface area contributed by atoms with Crippen LogP contribution in [0.3, 0.4) is 0 Å². The first-order valence-electron chi connectivity index (χ1n) is 12.3. The van der Waals surface area contributed by atoms with Crippen molar-refractivity contribution < 1.29 is 24.1 Å². The van der Waals surface area contributed by atoms with Crippen LogP contribution in [0.15, 0.2) is 60.7 Å². The van der Waals surface area contributed by atoms with Gasteiger partial charge in [-0.25, -0.2) is 0 Å². The smallest absolute Gasteiger partial charge is 0.160 e. The van der Waals surface area contributed by atoms with E-state index in [9.17, 15) is 5.11 Å². The minimum atomic E-state index is 0.0519. The SMILES string of the molecule is COc1ccc([C@@H]2COc3cc(O)ccc3[C@@H]2c2ccc(OCCN3CCCC3)cc2)cc1OC. The highest BCUT2D eigenvalue weighted by molar-refractivity contribution is 5.52. The quantitative estimate of drug-likeness (QED) is 0.484. The Hall–Kier alpha value is -3.38. The van der Waals surface area contributed by atoms with Gasteiger partial charge in [-0.2, -0.15) is 0 Å². The summed E-state index contributed by atoms with van der Waals surface area (Å²) >= 11 is 0. The number of hydrogen-bond acceptors (Lipinski definition) is 6. The Morgan fingerprint density at radius 1 is 0.886 bits per heavy atom. The molecule has 2 aliphatic rings. The lowest BCUT2D eigenvalue weighted by molar-refractivity contribution is 0.237. The van der Waals surface area contributed by atoms with Crippen LogP contribution in [0.25, 0.3) is 0 Å². The second-order valence-electron chi connectivity index (χ2n) is 9.20. The van der Waals surface area contributed by atoms with E-state index in [1.807, 2.05) is 18.2 Å². The number of likely N-dealkylation sites (tertiary alicyclic amines) is 1. The second kappa shape index (κ2) is 10.5. The van der Waals surface area contributed by atoms with Gasteiger partial charge < -0.3 is 24.1 Å². The van der Waals surface area contributed by atoms with Gasteiger partial charge in [0.05, 0.1) is 20.8 Å². The van der Waals surface area contributed by atoms with E-state index >= 15 is 0 Å². The summed E-state index contributed by atoms with van der Waals surface area (Å²) in [6.45, 7) is 4.52. The van der Waals surface area contributed by atoms with Crippen LogP contribution in [0.5, 0.6) is 28.7 Å². The molecule has 0 aliphatic carbocycles. The van der Waals surface area contributed by atoms with Crippen LogP contribution >= 0.6 is 0 Å². The van der Waals surface area contributed by atoms with E-state index in [0.29, 0.717) is 24.7 Å². The highest BCUT2D eigenvalue weighted by atomic mass is 16.5. The third-order valence-corrected chi connectivity index (χ3v) is 7.10. The Bertz CT molecular complexity index is 1140. The van der Waals surface area contributed by atoms with Gasteiger partial charge in [-0.05, 0) is 67.4 Å². The Kier molecular flexibility index (Phi) is 7.00. The molecule has 5 rings (SSSR count). The number of ether oxygens (including phenoxy) is 4. The Balaban J connectivity index is 1.42. The van der Waals surface area contributed by atoms with Crippen molar-refractivity contribution >= 4 is 0 Å². The highest BCUT2D eigenvalue weighted by Crippen LogP contribution is 2.48. The number of phenolic OH excluding ortho intramolecular Hbond substituents is 1. The molecule has 0 bridgehead atoms. The maximum Gasteiger partial charge on any atom is 0.160 e. The molecule has 2 heterocycles. The fourth-order valence-electron chi connectivity index (χ4n) is 5.25. The Morgan fingerprint density at radius 3 is 2.37 bits per heavy atom. The summed E-state index contributed by atoms with van der Waals surface area (Å²) in [5.41, 5.74) is 3.33. The number of phenols is 1. The Morgan fingerprint density at radius 2 is 1.63 bits per heavy atom. The van der Waals surface area contributed by atoms with Gasteiger partial charge in [0.25, 0.3) is 0 Å². The largest absolute Gasteiger partial charge is 0.508 e. The number of hydrogen-bond donors (Lipinski definition) is 1. The van der Waals surface area contributed by atoms with E-state index in [0.717, 1.165) is 29.2 Å². The number of fused-ring (bicyclic) bond motifs is 1. The van der Waals surface area contributed by atoms with Crippen LogP contribution in [0.2, 0.25) is 0 Å². The number of rotatable bonds is 8. The summed E-state index contributed by atoms with van der Waals surface area (Å²) in [6, 6.07) is 19.8. The van der Waals surface area contributed by atoms with E-state index in [-0.39, 0.29) is 17.6 Å². The van der Waals surface area contributed by atoms with Gasteiger partial charge in [0.2, 0.25) is 0 Å². The molecule has 0 radical (unpaired) electrons. The maximum absolute atomic E-state index is 10.0. The van der Waals surface area contributed by atoms with Crippen molar-refractivity contribution in [3.63, 3.8) is 0 Å². The van der Waals surface area contributed by atoms with Crippen LogP contribution in [0.4, 0.5) is 0 Å². The van der Waals surface area contributed by atoms with Crippen molar-refractivity contribution in [3.8, 4) is 28.7 Å². The molecule has 0 aromatic heterocycles. The average Bonchev–Trinajstić information content (AvgIpc) is 3.41. The van der Waals surface area contributed by atoms with Crippen LogP contribution in [0.1, 0.15) is 41.4 Å². The summed E-state index contributed by atoms with van der Waals surface area (Å²) in [5, 5.41) is 10.0. The fourth-order valence-corrected chi connectivity index (χ4v) is 5.25. The first kappa shape index (κ1) is 23.4. The predicted molar refractivity (Wildman–Crippen MR) is 135 cm³/mol. The number of methoxy groups -OCH3 is 2. The molecule has 2 aliphatic heterocycles. The maximum atomic E-state index is 10.0. The van der Waals surface area contributed by atoms with Crippen molar-refractivity contribution in [1.82, 2.24) is 4.90 Å². The number of nitrogens with zero attached hydrogens (tertiary/aromatic N) is 1. The lowest BCUT2D eigenvalue weighted by Crippen LogP contribution is -2.25.